The molecular weight excluding hydrogens is 186 g/mol. The molecule has 0 fully saturated rings. The van der Waals surface area contributed by atoms with Crippen molar-refractivity contribution < 1.29 is 0 Å². The maximum atomic E-state index is 4.39. The molecule has 0 bridgehead atoms. The molecule has 0 saturated carbocycles. The molecule has 3 heteroatoms. The van der Waals surface area contributed by atoms with Gasteiger partial charge >= 0.3 is 0 Å². The first-order valence-corrected chi connectivity index (χ1v) is 5.56. The maximum absolute atomic E-state index is 4.39. The van der Waals surface area contributed by atoms with E-state index in [4.69, 9.17) is 0 Å². The fraction of sp³-hybridized carbons (Fsp3) is 0.583. The first kappa shape index (κ1) is 12.0. The summed E-state index contributed by atoms with van der Waals surface area (Å²) >= 11 is 0. The first-order chi connectivity index (χ1) is 7.13. The second-order valence-corrected chi connectivity index (χ2v) is 4.02. The molecule has 0 atom stereocenters. The standard InChI is InChI=1S/C12H21N3/c1-5-12-11(9-15(4)14-12)7-6-8-13-10(2)3/h6-7,9-10,13H,5,8H2,1-4H3/b7-6+. The minimum Gasteiger partial charge on any atom is -0.311 e. The normalized spacial score (nSPS) is 11.8. The van der Waals surface area contributed by atoms with Gasteiger partial charge in [0.15, 0.2) is 0 Å². The molecule has 0 unspecified atom stereocenters. The second kappa shape index (κ2) is 5.71. The lowest BCUT2D eigenvalue weighted by molar-refractivity contribution is 0.633. The SMILES string of the molecule is CCc1nn(C)cc1/C=C/CNC(C)C. The molecule has 15 heavy (non-hydrogen) atoms. The summed E-state index contributed by atoms with van der Waals surface area (Å²) in [5.41, 5.74) is 2.39. The molecule has 1 aromatic rings. The Labute approximate surface area is 92.2 Å². The Morgan fingerprint density at radius 1 is 1.53 bits per heavy atom. The largest absolute Gasteiger partial charge is 0.311 e. The van der Waals surface area contributed by atoms with E-state index in [1.807, 2.05) is 11.7 Å². The molecule has 0 aromatic carbocycles. The van der Waals surface area contributed by atoms with E-state index in [1.165, 1.54) is 11.3 Å². The van der Waals surface area contributed by atoms with E-state index < -0.39 is 0 Å². The van der Waals surface area contributed by atoms with Crippen molar-refractivity contribution in [3.05, 3.63) is 23.5 Å². The Bertz CT molecular complexity index is 324. The number of rotatable bonds is 5. The predicted octanol–water partition coefficient (Wildman–Crippen LogP) is 1.99. The molecule has 1 aromatic heterocycles. The van der Waals surface area contributed by atoms with Gasteiger partial charge in [-0.15, -0.1) is 0 Å². The van der Waals surface area contributed by atoms with E-state index >= 15 is 0 Å². The van der Waals surface area contributed by atoms with E-state index in [9.17, 15) is 0 Å². The van der Waals surface area contributed by atoms with E-state index in [0.29, 0.717) is 6.04 Å². The van der Waals surface area contributed by atoms with Crippen LogP contribution in [0.5, 0.6) is 0 Å². The molecule has 84 valence electrons. The number of aryl methyl sites for hydroxylation is 2. The van der Waals surface area contributed by atoms with Crippen LogP contribution in [0.2, 0.25) is 0 Å². The van der Waals surface area contributed by atoms with Gasteiger partial charge in [-0.2, -0.15) is 5.10 Å². The number of hydrogen-bond donors (Lipinski definition) is 1. The smallest absolute Gasteiger partial charge is 0.0693 e. The highest BCUT2D eigenvalue weighted by molar-refractivity contribution is 5.51. The minimum absolute atomic E-state index is 0.536. The molecule has 0 amide bonds. The topological polar surface area (TPSA) is 29.9 Å². The fourth-order valence-electron chi connectivity index (χ4n) is 1.46. The van der Waals surface area contributed by atoms with Gasteiger partial charge in [0.25, 0.3) is 0 Å². The lowest BCUT2D eigenvalue weighted by atomic mass is 10.2. The van der Waals surface area contributed by atoms with Crippen LogP contribution in [0.1, 0.15) is 32.0 Å². The van der Waals surface area contributed by atoms with Crippen molar-refractivity contribution in [1.82, 2.24) is 15.1 Å². The minimum atomic E-state index is 0.536. The van der Waals surface area contributed by atoms with Gasteiger partial charge in [-0.05, 0) is 6.42 Å². The average molecular weight is 207 g/mol. The molecule has 3 nitrogen and oxygen atoms in total. The van der Waals surface area contributed by atoms with Gasteiger partial charge in [-0.25, -0.2) is 0 Å². The summed E-state index contributed by atoms with van der Waals surface area (Å²) in [6.45, 7) is 7.34. The molecule has 0 aliphatic carbocycles. The van der Waals surface area contributed by atoms with Crippen molar-refractivity contribution >= 4 is 6.08 Å². The van der Waals surface area contributed by atoms with Crippen LogP contribution in [0, 0.1) is 0 Å². The second-order valence-electron chi connectivity index (χ2n) is 4.02. The zero-order valence-electron chi connectivity index (χ0n) is 10.1. The van der Waals surface area contributed by atoms with Crippen LogP contribution in [0.15, 0.2) is 12.3 Å². The van der Waals surface area contributed by atoms with Crippen LogP contribution in [0.25, 0.3) is 6.08 Å². The van der Waals surface area contributed by atoms with Gasteiger partial charge in [0.2, 0.25) is 0 Å². The van der Waals surface area contributed by atoms with Gasteiger partial charge in [-0.1, -0.05) is 32.9 Å². The van der Waals surface area contributed by atoms with Gasteiger partial charge in [0.1, 0.15) is 0 Å². The average Bonchev–Trinajstić information content (AvgIpc) is 2.53. The van der Waals surface area contributed by atoms with Gasteiger partial charge < -0.3 is 5.32 Å². The molecule has 1 N–H and O–H groups in total. The van der Waals surface area contributed by atoms with Crippen molar-refractivity contribution in [2.24, 2.45) is 7.05 Å². The zero-order chi connectivity index (χ0) is 11.3. The monoisotopic (exact) mass is 207 g/mol. The van der Waals surface area contributed by atoms with E-state index in [1.54, 1.807) is 0 Å². The Morgan fingerprint density at radius 3 is 2.87 bits per heavy atom. The first-order valence-electron chi connectivity index (χ1n) is 5.56. The molecule has 0 spiro atoms. The fourth-order valence-corrected chi connectivity index (χ4v) is 1.46. The molecule has 0 saturated heterocycles. The van der Waals surface area contributed by atoms with Crippen LogP contribution in [0.4, 0.5) is 0 Å². The number of nitrogens with zero attached hydrogens (tertiary/aromatic N) is 2. The summed E-state index contributed by atoms with van der Waals surface area (Å²) in [5, 5.41) is 7.73. The van der Waals surface area contributed by atoms with Gasteiger partial charge in [0.05, 0.1) is 5.69 Å². The molecular formula is C12H21N3. The summed E-state index contributed by atoms with van der Waals surface area (Å²) in [5.74, 6) is 0. The third-order valence-electron chi connectivity index (χ3n) is 2.21. The van der Waals surface area contributed by atoms with Gasteiger partial charge in [-0.3, -0.25) is 4.68 Å². The summed E-state index contributed by atoms with van der Waals surface area (Å²) < 4.78 is 1.87. The van der Waals surface area contributed by atoms with Crippen molar-refractivity contribution in [1.29, 1.82) is 0 Å². The van der Waals surface area contributed by atoms with Crippen molar-refractivity contribution in [3.8, 4) is 0 Å². The highest BCUT2D eigenvalue weighted by atomic mass is 15.2. The zero-order valence-corrected chi connectivity index (χ0v) is 10.1. The van der Waals surface area contributed by atoms with Crippen molar-refractivity contribution in [2.75, 3.05) is 6.54 Å². The van der Waals surface area contributed by atoms with E-state index in [-0.39, 0.29) is 0 Å². The summed E-state index contributed by atoms with van der Waals surface area (Å²) in [4.78, 5) is 0. The third-order valence-corrected chi connectivity index (χ3v) is 2.21. The lowest BCUT2D eigenvalue weighted by Crippen LogP contribution is -2.22. The van der Waals surface area contributed by atoms with Crippen molar-refractivity contribution in [2.45, 2.75) is 33.2 Å². The predicted molar refractivity (Wildman–Crippen MR) is 64.8 cm³/mol. The van der Waals surface area contributed by atoms with E-state index in [2.05, 4.69) is 49.5 Å². The van der Waals surface area contributed by atoms with Crippen molar-refractivity contribution in [3.63, 3.8) is 0 Å². The Hall–Kier alpha value is -1.09. The maximum Gasteiger partial charge on any atom is 0.0693 e. The molecule has 0 aliphatic heterocycles. The summed E-state index contributed by atoms with van der Waals surface area (Å²) in [6, 6.07) is 0.536. The molecule has 0 radical (unpaired) electrons. The lowest BCUT2D eigenvalue weighted by Gasteiger charge is -2.03. The Morgan fingerprint density at radius 2 is 2.27 bits per heavy atom. The molecule has 1 heterocycles. The van der Waals surface area contributed by atoms with Crippen LogP contribution in [0.3, 0.4) is 0 Å². The van der Waals surface area contributed by atoms with Crippen LogP contribution < -0.4 is 5.32 Å². The Kier molecular flexibility index (Phi) is 4.56. The van der Waals surface area contributed by atoms with Gasteiger partial charge in [0, 0.05) is 31.4 Å². The molecule has 0 aliphatic rings. The highest BCUT2D eigenvalue weighted by Gasteiger charge is 2.01. The quantitative estimate of drug-likeness (QED) is 0.800. The number of aromatic nitrogens is 2. The molecule has 1 rings (SSSR count). The highest BCUT2D eigenvalue weighted by Crippen LogP contribution is 2.08. The third kappa shape index (κ3) is 3.88. The summed E-state index contributed by atoms with van der Waals surface area (Å²) in [6.07, 6.45) is 7.33. The number of nitrogens with one attached hydrogen (secondary N) is 1. The van der Waals surface area contributed by atoms with Crippen LogP contribution in [-0.4, -0.2) is 22.4 Å². The summed E-state index contributed by atoms with van der Waals surface area (Å²) in [7, 11) is 1.96. The van der Waals surface area contributed by atoms with E-state index in [0.717, 1.165) is 13.0 Å². The van der Waals surface area contributed by atoms with Crippen LogP contribution >= 0.6 is 0 Å². The van der Waals surface area contributed by atoms with Crippen LogP contribution in [-0.2, 0) is 13.5 Å². The number of hydrogen-bond acceptors (Lipinski definition) is 2. The Balaban J connectivity index is 2.55.